The first kappa shape index (κ1) is 26.1. The summed E-state index contributed by atoms with van der Waals surface area (Å²) in [5.41, 5.74) is 8.01. The molecule has 1 aromatic rings. The molecule has 1 fully saturated rings. The van der Waals surface area contributed by atoms with Crippen molar-refractivity contribution in [3.63, 3.8) is 0 Å². The number of benzene rings is 1. The molecular formula is C20H35Cl2N3O2. The highest BCUT2D eigenvalue weighted by atomic mass is 35.5. The first-order chi connectivity index (χ1) is 12.2. The van der Waals surface area contributed by atoms with Gasteiger partial charge in [-0.3, -0.25) is 9.69 Å². The van der Waals surface area contributed by atoms with Crippen molar-refractivity contribution in [1.82, 2.24) is 10.2 Å². The van der Waals surface area contributed by atoms with Gasteiger partial charge in [0.15, 0.2) is 0 Å². The number of halogens is 2. The van der Waals surface area contributed by atoms with Crippen molar-refractivity contribution in [3.8, 4) is 0 Å². The average Bonchev–Trinajstić information content (AvgIpc) is 2.64. The lowest BCUT2D eigenvalue weighted by atomic mass is 10.0. The maximum Gasteiger partial charge on any atom is 0.220 e. The van der Waals surface area contributed by atoms with Gasteiger partial charge in [-0.1, -0.05) is 42.7 Å². The number of nitrogens with one attached hydrogen (secondary N) is 1. The van der Waals surface area contributed by atoms with Gasteiger partial charge in [-0.25, -0.2) is 0 Å². The van der Waals surface area contributed by atoms with E-state index >= 15 is 0 Å². The molecule has 1 aromatic carbocycles. The predicted octanol–water partition coefficient (Wildman–Crippen LogP) is 3.24. The summed E-state index contributed by atoms with van der Waals surface area (Å²) in [6.45, 7) is 6.84. The Morgan fingerprint density at radius 2 is 1.74 bits per heavy atom. The Morgan fingerprint density at radius 3 is 2.37 bits per heavy atom. The highest BCUT2D eigenvalue weighted by Gasteiger charge is 2.23. The van der Waals surface area contributed by atoms with Crippen LogP contribution in [0.1, 0.15) is 49.3 Å². The number of carbonyl (C=O) groups is 1. The van der Waals surface area contributed by atoms with Gasteiger partial charge in [0.05, 0.1) is 19.3 Å². The Bertz CT molecular complexity index is 508. The number of carbonyl (C=O) groups excluding carboxylic acids is 1. The normalized spacial score (nSPS) is 15.3. The first-order valence-electron chi connectivity index (χ1n) is 9.56. The quantitative estimate of drug-likeness (QED) is 0.571. The molecule has 0 radical (unpaired) electrons. The number of morpholine rings is 1. The summed E-state index contributed by atoms with van der Waals surface area (Å²) in [4.78, 5) is 14.6. The molecular weight excluding hydrogens is 385 g/mol. The lowest BCUT2D eigenvalue weighted by Gasteiger charge is -2.35. The molecule has 0 aliphatic carbocycles. The largest absolute Gasteiger partial charge is 0.379 e. The molecule has 0 saturated carbocycles. The van der Waals surface area contributed by atoms with E-state index in [1.54, 1.807) is 0 Å². The number of aryl methyl sites for hydroxylation is 1. The van der Waals surface area contributed by atoms with E-state index in [2.05, 4.69) is 41.4 Å². The zero-order chi connectivity index (χ0) is 17.9. The lowest BCUT2D eigenvalue weighted by molar-refractivity contribution is -0.121. The second kappa shape index (κ2) is 15.1. The third-order valence-corrected chi connectivity index (χ3v) is 4.80. The number of nitrogens with two attached hydrogens (primary N) is 1. The van der Waals surface area contributed by atoms with Crippen molar-refractivity contribution < 1.29 is 9.53 Å². The minimum Gasteiger partial charge on any atom is -0.379 e. The molecule has 1 heterocycles. The van der Waals surface area contributed by atoms with Crippen LogP contribution in [0.15, 0.2) is 24.3 Å². The molecule has 27 heavy (non-hydrogen) atoms. The number of nitrogens with zero attached hydrogens (tertiary/aromatic N) is 1. The van der Waals surface area contributed by atoms with Gasteiger partial charge >= 0.3 is 0 Å². The molecule has 3 N–H and O–H groups in total. The van der Waals surface area contributed by atoms with E-state index in [9.17, 15) is 4.79 Å². The van der Waals surface area contributed by atoms with Crippen LogP contribution in [0.25, 0.3) is 0 Å². The molecule has 1 aliphatic rings. The number of hydrogen-bond donors (Lipinski definition) is 2. The van der Waals surface area contributed by atoms with E-state index in [0.717, 1.165) is 58.5 Å². The highest BCUT2D eigenvalue weighted by molar-refractivity contribution is 5.85. The van der Waals surface area contributed by atoms with Crippen LogP contribution in [0.2, 0.25) is 0 Å². The number of hydrogen-bond acceptors (Lipinski definition) is 4. The summed E-state index contributed by atoms with van der Waals surface area (Å²) in [6, 6.07) is 8.85. The van der Waals surface area contributed by atoms with Gasteiger partial charge in [0.1, 0.15) is 0 Å². The van der Waals surface area contributed by atoms with Crippen LogP contribution >= 0.6 is 24.8 Å². The number of unbranched alkanes of at least 4 members (excludes halogenated alkanes) is 3. The molecule has 0 aromatic heterocycles. The Kier molecular flexibility index (Phi) is 14.6. The Balaban J connectivity index is 0.00000338. The SMILES string of the molecule is Cc1ccc(C(CNC(=O)CCCCCCN)N2CCOCC2)cc1.Cl.Cl. The summed E-state index contributed by atoms with van der Waals surface area (Å²) in [7, 11) is 0. The molecule has 1 amide bonds. The first-order valence-corrected chi connectivity index (χ1v) is 9.56. The minimum absolute atomic E-state index is 0. The van der Waals surface area contributed by atoms with Gasteiger partial charge in [-0.2, -0.15) is 0 Å². The van der Waals surface area contributed by atoms with Crippen LogP contribution in [0.4, 0.5) is 0 Å². The highest BCUT2D eigenvalue weighted by Crippen LogP contribution is 2.22. The molecule has 7 heteroatoms. The van der Waals surface area contributed by atoms with Gasteiger partial charge in [-0.05, 0) is 31.9 Å². The zero-order valence-electron chi connectivity index (χ0n) is 16.3. The van der Waals surface area contributed by atoms with Crippen molar-refractivity contribution in [2.24, 2.45) is 5.73 Å². The van der Waals surface area contributed by atoms with Crippen LogP contribution < -0.4 is 11.1 Å². The van der Waals surface area contributed by atoms with Crippen molar-refractivity contribution >= 4 is 30.7 Å². The number of rotatable bonds is 10. The molecule has 1 saturated heterocycles. The second-order valence-electron chi connectivity index (χ2n) is 6.83. The predicted molar refractivity (Wildman–Crippen MR) is 116 cm³/mol. The average molecular weight is 420 g/mol. The summed E-state index contributed by atoms with van der Waals surface area (Å²) in [5.74, 6) is 0.151. The van der Waals surface area contributed by atoms with E-state index in [-0.39, 0.29) is 36.8 Å². The third-order valence-electron chi connectivity index (χ3n) is 4.80. The topological polar surface area (TPSA) is 67.6 Å². The summed E-state index contributed by atoms with van der Waals surface area (Å²) >= 11 is 0. The summed E-state index contributed by atoms with van der Waals surface area (Å²) < 4.78 is 5.48. The maximum atomic E-state index is 12.2. The molecule has 1 aliphatic heterocycles. The van der Waals surface area contributed by atoms with Crippen molar-refractivity contribution in [2.45, 2.75) is 45.1 Å². The van der Waals surface area contributed by atoms with Crippen molar-refractivity contribution in [3.05, 3.63) is 35.4 Å². The second-order valence-corrected chi connectivity index (χ2v) is 6.83. The van der Waals surface area contributed by atoms with E-state index in [0.29, 0.717) is 13.0 Å². The molecule has 5 nitrogen and oxygen atoms in total. The number of ether oxygens (including phenoxy) is 1. The van der Waals surface area contributed by atoms with E-state index in [4.69, 9.17) is 10.5 Å². The Morgan fingerprint density at radius 1 is 1.11 bits per heavy atom. The molecule has 1 atom stereocenters. The molecule has 1 unspecified atom stereocenters. The fourth-order valence-corrected chi connectivity index (χ4v) is 3.22. The molecule has 0 bridgehead atoms. The van der Waals surface area contributed by atoms with E-state index in [1.165, 1.54) is 11.1 Å². The monoisotopic (exact) mass is 419 g/mol. The molecule has 156 valence electrons. The Hall–Kier alpha value is -0.850. The van der Waals surface area contributed by atoms with Gasteiger partial charge in [0.25, 0.3) is 0 Å². The maximum absolute atomic E-state index is 12.2. The van der Waals surface area contributed by atoms with E-state index < -0.39 is 0 Å². The van der Waals surface area contributed by atoms with Crippen LogP contribution in [0.5, 0.6) is 0 Å². The fraction of sp³-hybridized carbons (Fsp3) is 0.650. The standard InChI is InChI=1S/C20H33N3O2.2ClH/c1-17-7-9-18(10-8-17)19(23-12-14-25-15-13-23)16-22-20(24)6-4-2-3-5-11-21;;/h7-10,19H,2-6,11-16,21H2,1H3,(H,22,24);2*1H. The third kappa shape index (κ3) is 9.77. The molecule has 2 rings (SSSR count). The minimum atomic E-state index is 0. The lowest BCUT2D eigenvalue weighted by Crippen LogP contribution is -2.43. The van der Waals surface area contributed by atoms with Crippen LogP contribution in [0, 0.1) is 6.92 Å². The van der Waals surface area contributed by atoms with Gasteiger partial charge < -0.3 is 15.8 Å². The van der Waals surface area contributed by atoms with Gasteiger partial charge in [0.2, 0.25) is 5.91 Å². The van der Waals surface area contributed by atoms with Gasteiger partial charge in [-0.15, -0.1) is 24.8 Å². The van der Waals surface area contributed by atoms with Crippen LogP contribution in [0.3, 0.4) is 0 Å². The van der Waals surface area contributed by atoms with Gasteiger partial charge in [0, 0.05) is 26.1 Å². The van der Waals surface area contributed by atoms with Crippen molar-refractivity contribution in [1.29, 1.82) is 0 Å². The summed E-state index contributed by atoms with van der Waals surface area (Å²) in [6.07, 6.45) is 4.79. The zero-order valence-corrected chi connectivity index (χ0v) is 18.0. The fourth-order valence-electron chi connectivity index (χ4n) is 3.22. The molecule has 0 spiro atoms. The van der Waals surface area contributed by atoms with Crippen LogP contribution in [-0.2, 0) is 9.53 Å². The van der Waals surface area contributed by atoms with Crippen molar-refractivity contribution in [2.75, 3.05) is 39.4 Å². The van der Waals surface area contributed by atoms with E-state index in [1.807, 2.05) is 0 Å². The smallest absolute Gasteiger partial charge is 0.220 e. The number of amides is 1. The van der Waals surface area contributed by atoms with Crippen LogP contribution in [-0.4, -0.2) is 50.2 Å². The Labute approximate surface area is 176 Å². The summed E-state index contributed by atoms with van der Waals surface area (Å²) in [5, 5.41) is 3.14.